The Morgan fingerprint density at radius 3 is 3.00 bits per heavy atom. The number of rotatable bonds is 6. The summed E-state index contributed by atoms with van der Waals surface area (Å²) in [5.41, 5.74) is 0. The van der Waals surface area contributed by atoms with Crippen LogP contribution in [0.25, 0.3) is 0 Å². The molecule has 2 heterocycles. The molecule has 102 valence electrons. The number of thioether (sulfide) groups is 2. The summed E-state index contributed by atoms with van der Waals surface area (Å²) in [6.45, 7) is 3.38. The molecule has 1 aromatic heterocycles. The van der Waals surface area contributed by atoms with Gasteiger partial charge in [-0.2, -0.15) is 23.5 Å². The van der Waals surface area contributed by atoms with Gasteiger partial charge in [0.2, 0.25) is 0 Å². The van der Waals surface area contributed by atoms with Gasteiger partial charge in [-0.1, -0.05) is 6.92 Å². The summed E-state index contributed by atoms with van der Waals surface area (Å²) in [6, 6.07) is 2.90. The summed E-state index contributed by atoms with van der Waals surface area (Å²) in [6.07, 6.45) is 2.39. The Hall–Kier alpha value is 0.840. The molecular formula is C13H20BrNS3. The molecule has 0 radical (unpaired) electrons. The first-order valence-electron chi connectivity index (χ1n) is 6.45. The molecule has 5 heteroatoms. The molecular weight excluding hydrogens is 346 g/mol. The second-order valence-corrected chi connectivity index (χ2v) is 8.89. The molecule has 1 fully saturated rings. The van der Waals surface area contributed by atoms with E-state index in [0.717, 1.165) is 11.8 Å². The Morgan fingerprint density at radius 1 is 1.50 bits per heavy atom. The van der Waals surface area contributed by atoms with E-state index in [1.54, 1.807) is 0 Å². The highest BCUT2D eigenvalue weighted by atomic mass is 79.9. The van der Waals surface area contributed by atoms with Crippen LogP contribution in [0.15, 0.2) is 15.9 Å². The molecule has 0 bridgehead atoms. The maximum absolute atomic E-state index is 3.75. The van der Waals surface area contributed by atoms with Crippen LogP contribution in [0.5, 0.6) is 0 Å². The summed E-state index contributed by atoms with van der Waals surface area (Å²) in [7, 11) is 0. The summed E-state index contributed by atoms with van der Waals surface area (Å²) in [5.74, 6) is 3.94. The second-order valence-electron chi connectivity index (χ2n) is 4.48. The van der Waals surface area contributed by atoms with Crippen molar-refractivity contribution >= 4 is 50.8 Å². The van der Waals surface area contributed by atoms with E-state index in [1.807, 2.05) is 11.3 Å². The van der Waals surface area contributed by atoms with E-state index in [0.29, 0.717) is 6.04 Å². The van der Waals surface area contributed by atoms with Gasteiger partial charge in [0.05, 0.1) is 0 Å². The third kappa shape index (κ3) is 4.75. The standard InChI is InChI=1S/C13H20BrNS3/c1-2-3-15-12(13-9-16-4-5-17-13)7-11-6-10(14)8-18-11/h6,8,12-13,15H,2-5,7,9H2,1H3. The summed E-state index contributed by atoms with van der Waals surface area (Å²) in [5, 5.41) is 6.72. The van der Waals surface area contributed by atoms with Crippen molar-refractivity contribution in [2.24, 2.45) is 0 Å². The fourth-order valence-corrected chi connectivity index (χ4v) is 6.48. The van der Waals surface area contributed by atoms with Gasteiger partial charge in [0.1, 0.15) is 0 Å². The minimum atomic E-state index is 0.633. The third-order valence-corrected chi connectivity index (χ3v) is 7.63. The van der Waals surface area contributed by atoms with Crippen LogP contribution in [-0.4, -0.2) is 35.1 Å². The van der Waals surface area contributed by atoms with Crippen LogP contribution in [0.1, 0.15) is 18.2 Å². The molecule has 1 N–H and O–H groups in total. The first-order chi connectivity index (χ1) is 8.79. The molecule has 2 atom stereocenters. The minimum absolute atomic E-state index is 0.633. The lowest BCUT2D eigenvalue weighted by atomic mass is 10.1. The average Bonchev–Trinajstić information content (AvgIpc) is 2.81. The van der Waals surface area contributed by atoms with Crippen molar-refractivity contribution in [2.45, 2.75) is 31.1 Å². The van der Waals surface area contributed by atoms with E-state index in [4.69, 9.17) is 0 Å². The topological polar surface area (TPSA) is 12.0 Å². The van der Waals surface area contributed by atoms with Crippen molar-refractivity contribution in [1.82, 2.24) is 5.32 Å². The first-order valence-corrected chi connectivity index (χ1v) is 10.3. The van der Waals surface area contributed by atoms with Crippen LogP contribution in [-0.2, 0) is 6.42 Å². The molecule has 1 aromatic rings. The number of nitrogens with one attached hydrogen (secondary N) is 1. The van der Waals surface area contributed by atoms with Crippen molar-refractivity contribution < 1.29 is 0 Å². The fraction of sp³-hybridized carbons (Fsp3) is 0.692. The maximum atomic E-state index is 3.75. The summed E-state index contributed by atoms with van der Waals surface area (Å²) in [4.78, 5) is 1.49. The fourth-order valence-electron chi connectivity index (χ4n) is 2.08. The molecule has 1 aliphatic rings. The Kier molecular flexibility index (Phi) is 6.94. The van der Waals surface area contributed by atoms with E-state index in [-0.39, 0.29) is 0 Å². The minimum Gasteiger partial charge on any atom is -0.312 e. The van der Waals surface area contributed by atoms with Crippen molar-refractivity contribution in [3.05, 3.63) is 20.8 Å². The molecule has 0 aliphatic carbocycles. The molecule has 0 spiro atoms. The monoisotopic (exact) mass is 365 g/mol. The number of hydrogen-bond donors (Lipinski definition) is 1. The molecule has 18 heavy (non-hydrogen) atoms. The molecule has 1 aliphatic heterocycles. The van der Waals surface area contributed by atoms with E-state index >= 15 is 0 Å². The maximum Gasteiger partial charge on any atom is 0.0295 e. The molecule has 1 nitrogen and oxygen atoms in total. The smallest absolute Gasteiger partial charge is 0.0295 e. The average molecular weight is 366 g/mol. The quantitative estimate of drug-likeness (QED) is 0.808. The van der Waals surface area contributed by atoms with Crippen LogP contribution >= 0.6 is 50.8 Å². The van der Waals surface area contributed by atoms with Crippen LogP contribution in [0.2, 0.25) is 0 Å². The van der Waals surface area contributed by atoms with Gasteiger partial charge in [-0.3, -0.25) is 0 Å². The van der Waals surface area contributed by atoms with E-state index in [2.05, 4.69) is 63.1 Å². The second kappa shape index (κ2) is 8.20. The third-order valence-electron chi connectivity index (χ3n) is 2.99. The Bertz CT molecular complexity index is 350. The van der Waals surface area contributed by atoms with Gasteiger partial charge in [-0.15, -0.1) is 11.3 Å². The van der Waals surface area contributed by atoms with Crippen molar-refractivity contribution in [3.63, 3.8) is 0 Å². The predicted molar refractivity (Wildman–Crippen MR) is 91.4 cm³/mol. The van der Waals surface area contributed by atoms with Crippen molar-refractivity contribution in [2.75, 3.05) is 23.8 Å². The largest absolute Gasteiger partial charge is 0.312 e. The Morgan fingerprint density at radius 2 is 2.39 bits per heavy atom. The van der Waals surface area contributed by atoms with Crippen LogP contribution in [0.4, 0.5) is 0 Å². The molecule has 0 amide bonds. The number of thiophene rings is 1. The van der Waals surface area contributed by atoms with Gasteiger partial charge in [0.15, 0.2) is 0 Å². The van der Waals surface area contributed by atoms with E-state index in [1.165, 1.54) is 39.5 Å². The zero-order chi connectivity index (χ0) is 12.8. The normalized spacial score (nSPS) is 22.0. The van der Waals surface area contributed by atoms with Gasteiger partial charge in [-0.25, -0.2) is 0 Å². The number of halogens is 1. The van der Waals surface area contributed by atoms with Crippen LogP contribution in [0, 0.1) is 0 Å². The highest BCUT2D eigenvalue weighted by molar-refractivity contribution is 9.10. The van der Waals surface area contributed by atoms with Crippen LogP contribution < -0.4 is 5.32 Å². The van der Waals surface area contributed by atoms with E-state index < -0.39 is 0 Å². The zero-order valence-corrected chi connectivity index (χ0v) is 14.7. The van der Waals surface area contributed by atoms with Gasteiger partial charge in [0, 0.05) is 43.3 Å². The zero-order valence-electron chi connectivity index (χ0n) is 10.7. The summed E-state index contributed by atoms with van der Waals surface area (Å²) >= 11 is 9.70. The SMILES string of the molecule is CCCNC(Cc1cc(Br)cs1)C1CSCCS1. The summed E-state index contributed by atoms with van der Waals surface area (Å²) < 4.78 is 1.22. The lowest BCUT2D eigenvalue weighted by molar-refractivity contribution is 0.508. The lowest BCUT2D eigenvalue weighted by Crippen LogP contribution is -2.42. The van der Waals surface area contributed by atoms with Crippen LogP contribution in [0.3, 0.4) is 0 Å². The van der Waals surface area contributed by atoms with E-state index in [9.17, 15) is 0 Å². The van der Waals surface area contributed by atoms with Gasteiger partial charge in [0.25, 0.3) is 0 Å². The lowest BCUT2D eigenvalue weighted by Gasteiger charge is -2.30. The van der Waals surface area contributed by atoms with Gasteiger partial charge >= 0.3 is 0 Å². The Labute approximate surface area is 131 Å². The molecule has 2 unspecified atom stereocenters. The molecule has 2 rings (SSSR count). The highest BCUT2D eigenvalue weighted by Crippen LogP contribution is 2.29. The highest BCUT2D eigenvalue weighted by Gasteiger charge is 2.24. The molecule has 1 saturated heterocycles. The van der Waals surface area contributed by atoms with Gasteiger partial charge < -0.3 is 5.32 Å². The predicted octanol–water partition coefficient (Wildman–Crippen LogP) is 4.27. The van der Waals surface area contributed by atoms with Crippen molar-refractivity contribution in [3.8, 4) is 0 Å². The molecule has 0 saturated carbocycles. The Balaban J connectivity index is 1.94. The molecule has 0 aromatic carbocycles. The van der Waals surface area contributed by atoms with Gasteiger partial charge in [-0.05, 0) is 41.4 Å². The first kappa shape index (κ1) is 15.2. The number of hydrogen-bond acceptors (Lipinski definition) is 4. The van der Waals surface area contributed by atoms with Crippen molar-refractivity contribution in [1.29, 1.82) is 0 Å².